The summed E-state index contributed by atoms with van der Waals surface area (Å²) in [6.07, 6.45) is 0. The molecule has 0 radical (unpaired) electrons. The number of hydrogen-bond donors (Lipinski definition) is 2. The molecular weight excluding hydrogens is 443 g/mol. The van der Waals surface area contributed by atoms with E-state index in [9.17, 15) is 14.0 Å². The van der Waals surface area contributed by atoms with E-state index in [1.165, 1.54) is 10.6 Å². The molecule has 1 amide bonds. The van der Waals surface area contributed by atoms with Gasteiger partial charge in [-0.1, -0.05) is 12.2 Å². The average molecular weight is 471 g/mol. The lowest BCUT2D eigenvalue weighted by atomic mass is 10.1. The van der Waals surface area contributed by atoms with Crippen LogP contribution in [0.3, 0.4) is 0 Å². The summed E-state index contributed by atoms with van der Waals surface area (Å²) < 4.78 is 16.5. The maximum Gasteiger partial charge on any atom is 0.326 e. The number of carbonyl (C=O) groups is 1. The molecule has 3 heterocycles. The van der Waals surface area contributed by atoms with E-state index in [0.29, 0.717) is 24.3 Å². The summed E-state index contributed by atoms with van der Waals surface area (Å²) >= 11 is 5.33. The second-order valence-corrected chi connectivity index (χ2v) is 8.51. The van der Waals surface area contributed by atoms with Crippen molar-refractivity contribution >= 4 is 34.7 Å². The van der Waals surface area contributed by atoms with Crippen molar-refractivity contribution in [2.24, 2.45) is 0 Å². The number of fused-ring (bicyclic) bond motifs is 1. The maximum absolute atomic E-state index is 14.9. The fourth-order valence-electron chi connectivity index (χ4n) is 4.31. The van der Waals surface area contributed by atoms with Gasteiger partial charge in [-0.3, -0.25) is 14.3 Å². The molecule has 0 unspecified atom stereocenters. The first-order valence-electron chi connectivity index (χ1n) is 10.9. The largest absolute Gasteiger partial charge is 0.368 e. The monoisotopic (exact) mass is 470 g/mol. The van der Waals surface area contributed by atoms with Gasteiger partial charge in [-0.05, 0) is 43.7 Å². The van der Waals surface area contributed by atoms with Crippen molar-refractivity contribution in [1.82, 2.24) is 24.8 Å². The van der Waals surface area contributed by atoms with Crippen molar-refractivity contribution in [1.29, 1.82) is 0 Å². The zero-order valence-electron chi connectivity index (χ0n) is 18.9. The summed E-state index contributed by atoms with van der Waals surface area (Å²) in [4.78, 5) is 35.7. The second-order valence-electron chi connectivity index (χ2n) is 8.12. The van der Waals surface area contributed by atoms with Gasteiger partial charge in [-0.2, -0.15) is 0 Å². The van der Waals surface area contributed by atoms with Crippen LogP contribution in [0.4, 0.5) is 10.1 Å². The number of anilines is 1. The van der Waals surface area contributed by atoms with Gasteiger partial charge in [0.15, 0.2) is 0 Å². The predicted octanol–water partition coefficient (Wildman–Crippen LogP) is 2.60. The molecule has 0 atom stereocenters. The molecule has 3 aromatic rings. The number of piperazine rings is 1. The molecule has 1 aliphatic heterocycles. The van der Waals surface area contributed by atoms with E-state index in [4.69, 9.17) is 12.2 Å². The van der Waals surface area contributed by atoms with Crippen LogP contribution >= 0.6 is 12.2 Å². The lowest BCUT2D eigenvalue weighted by molar-refractivity contribution is 0.0958. The number of aryl methyl sites for hydroxylation is 1. The number of nitrogens with zero attached hydrogens (tertiary/aromatic N) is 4. The number of nitrogens with one attached hydrogen (secondary N) is 2. The van der Waals surface area contributed by atoms with Crippen LogP contribution in [0.5, 0.6) is 0 Å². The molecule has 1 aliphatic rings. The first-order valence-corrected chi connectivity index (χ1v) is 11.4. The van der Waals surface area contributed by atoms with E-state index >= 15 is 0 Å². The molecule has 0 spiro atoms. The molecule has 2 aromatic heterocycles. The SMILES string of the molecule is CCn1c(=O)[nH]c2cc(CN3CCN(c4ccc(C(=O)NC)nc4C)CC3)cc(F)c2c1=S. The minimum absolute atomic E-state index is 0.203. The maximum atomic E-state index is 14.9. The first-order chi connectivity index (χ1) is 15.8. The molecule has 0 aliphatic carbocycles. The normalized spacial score (nSPS) is 14.6. The van der Waals surface area contributed by atoms with Crippen molar-refractivity contribution in [3.63, 3.8) is 0 Å². The van der Waals surface area contributed by atoms with Crippen LogP contribution < -0.4 is 15.9 Å². The number of halogens is 1. The molecular formula is C23H27FN6O2S. The van der Waals surface area contributed by atoms with Gasteiger partial charge in [0.25, 0.3) is 5.91 Å². The Bertz CT molecular complexity index is 1330. The number of hydrogen-bond acceptors (Lipinski definition) is 6. The molecule has 33 heavy (non-hydrogen) atoms. The summed E-state index contributed by atoms with van der Waals surface area (Å²) in [7, 11) is 1.59. The highest BCUT2D eigenvalue weighted by Crippen LogP contribution is 2.23. The predicted molar refractivity (Wildman–Crippen MR) is 129 cm³/mol. The number of aromatic amines is 1. The van der Waals surface area contributed by atoms with Gasteiger partial charge >= 0.3 is 5.69 Å². The van der Waals surface area contributed by atoms with Crippen LogP contribution in [-0.2, 0) is 13.1 Å². The molecule has 4 rings (SSSR count). The van der Waals surface area contributed by atoms with Crippen LogP contribution in [0, 0.1) is 17.4 Å². The lowest BCUT2D eigenvalue weighted by Gasteiger charge is -2.36. The number of carbonyl (C=O) groups excluding carboxylic acids is 1. The van der Waals surface area contributed by atoms with E-state index in [1.807, 2.05) is 19.1 Å². The van der Waals surface area contributed by atoms with E-state index in [2.05, 4.69) is 25.1 Å². The third-order valence-corrected chi connectivity index (χ3v) is 6.47. The van der Waals surface area contributed by atoms with Crippen molar-refractivity contribution in [3.05, 3.63) is 62.2 Å². The van der Waals surface area contributed by atoms with Crippen molar-refractivity contribution in [3.8, 4) is 0 Å². The summed E-state index contributed by atoms with van der Waals surface area (Å²) in [5.74, 6) is -0.617. The minimum Gasteiger partial charge on any atom is -0.368 e. The summed E-state index contributed by atoms with van der Waals surface area (Å²) in [6, 6.07) is 7.00. The summed E-state index contributed by atoms with van der Waals surface area (Å²) in [6.45, 7) is 7.85. The second kappa shape index (κ2) is 9.40. The Labute approximate surface area is 196 Å². The van der Waals surface area contributed by atoms with Gasteiger partial charge in [-0.25, -0.2) is 14.2 Å². The number of rotatable bonds is 5. The minimum atomic E-state index is -0.414. The van der Waals surface area contributed by atoms with Crippen LogP contribution in [0.2, 0.25) is 0 Å². The van der Waals surface area contributed by atoms with Gasteiger partial charge in [0.2, 0.25) is 0 Å². The fourth-order valence-corrected chi connectivity index (χ4v) is 4.73. The smallest absolute Gasteiger partial charge is 0.326 e. The van der Waals surface area contributed by atoms with Crippen LogP contribution in [-0.4, -0.2) is 58.6 Å². The van der Waals surface area contributed by atoms with Crippen LogP contribution in [0.25, 0.3) is 10.9 Å². The third-order valence-electron chi connectivity index (χ3n) is 6.05. The molecule has 1 saturated heterocycles. The van der Waals surface area contributed by atoms with Gasteiger partial charge < -0.3 is 15.2 Å². The topological polar surface area (TPSA) is 86.3 Å². The van der Waals surface area contributed by atoms with Gasteiger partial charge in [0, 0.05) is 46.3 Å². The molecule has 2 N–H and O–H groups in total. The van der Waals surface area contributed by atoms with Gasteiger partial charge in [0.1, 0.15) is 16.2 Å². The Morgan fingerprint density at radius 1 is 1.24 bits per heavy atom. The zero-order chi connectivity index (χ0) is 23.7. The van der Waals surface area contributed by atoms with Gasteiger partial charge in [0.05, 0.1) is 22.3 Å². The number of benzene rings is 1. The highest BCUT2D eigenvalue weighted by Gasteiger charge is 2.20. The van der Waals surface area contributed by atoms with E-state index in [-0.39, 0.29) is 21.6 Å². The first kappa shape index (κ1) is 23.1. The molecule has 0 bridgehead atoms. The van der Waals surface area contributed by atoms with Gasteiger partial charge in [-0.15, -0.1) is 0 Å². The Hall–Kier alpha value is -3.11. The highest BCUT2D eigenvalue weighted by molar-refractivity contribution is 7.71. The van der Waals surface area contributed by atoms with Crippen LogP contribution in [0.1, 0.15) is 28.7 Å². The molecule has 0 saturated carbocycles. The third kappa shape index (κ3) is 4.53. The van der Waals surface area contributed by atoms with E-state index in [1.54, 1.807) is 20.0 Å². The van der Waals surface area contributed by atoms with Crippen LogP contribution in [0.15, 0.2) is 29.1 Å². The number of pyridine rings is 1. The zero-order valence-corrected chi connectivity index (χ0v) is 19.8. The van der Waals surface area contributed by atoms with Crippen molar-refractivity contribution < 1.29 is 9.18 Å². The Balaban J connectivity index is 1.48. The molecule has 8 nitrogen and oxygen atoms in total. The van der Waals surface area contributed by atoms with Crippen molar-refractivity contribution in [2.75, 3.05) is 38.1 Å². The highest BCUT2D eigenvalue weighted by atomic mass is 32.1. The quantitative estimate of drug-likeness (QED) is 0.558. The fraction of sp³-hybridized carbons (Fsp3) is 0.391. The Kier molecular flexibility index (Phi) is 6.57. The summed E-state index contributed by atoms with van der Waals surface area (Å²) in [5, 5.41) is 2.87. The number of aromatic nitrogens is 3. The number of amides is 1. The molecule has 1 aromatic carbocycles. The standard InChI is InChI=1S/C23H27FN6O2S/c1-4-30-22(33)20-16(24)11-15(12-18(20)27-23(30)32)13-28-7-9-29(10-8-28)19-6-5-17(21(31)25-3)26-14(19)2/h5-6,11-12H,4,7-10,13H2,1-3H3,(H,25,31)(H,27,32). The lowest BCUT2D eigenvalue weighted by Crippen LogP contribution is -2.46. The van der Waals surface area contributed by atoms with Crippen molar-refractivity contribution in [2.45, 2.75) is 26.9 Å². The van der Waals surface area contributed by atoms with E-state index in [0.717, 1.165) is 43.1 Å². The molecule has 174 valence electrons. The Morgan fingerprint density at radius 2 is 1.97 bits per heavy atom. The average Bonchev–Trinajstić information content (AvgIpc) is 2.79. The summed E-state index contributed by atoms with van der Waals surface area (Å²) in [5.41, 5.74) is 3.13. The molecule has 10 heteroatoms. The number of H-pyrrole nitrogens is 1. The Morgan fingerprint density at radius 3 is 2.61 bits per heavy atom. The molecule has 1 fully saturated rings. The van der Waals surface area contributed by atoms with E-state index < -0.39 is 5.82 Å².